The number of anilines is 1. The quantitative estimate of drug-likeness (QED) is 0.241. The molecule has 0 bridgehead atoms. The predicted octanol–water partition coefficient (Wildman–Crippen LogP) is 5.18. The first-order valence-corrected chi connectivity index (χ1v) is 12.4. The smallest absolute Gasteiger partial charge is 0.174 e. The van der Waals surface area contributed by atoms with Gasteiger partial charge in [0.2, 0.25) is 0 Å². The van der Waals surface area contributed by atoms with E-state index < -0.39 is 0 Å². The highest BCUT2D eigenvalue weighted by molar-refractivity contribution is 7.80. The predicted molar refractivity (Wildman–Crippen MR) is 145 cm³/mol. The third kappa shape index (κ3) is 5.06. The standard InChI is InChI=1S/C27H26ClN5O2S/c1-34-15-16-35-24-11-10-20(17-21(24)28)33-26(25(31-27(33)36)22-8-3-5-13-30-22)23-9-6-14-32(23)18-19-7-2-4-12-29-19/h2-14,17,25-26H,15-16,18H2,1H3,(H,31,36)/t25-,26-/m0/s1. The van der Waals surface area contributed by atoms with Crippen LogP contribution in [-0.2, 0) is 11.3 Å². The van der Waals surface area contributed by atoms with Gasteiger partial charge < -0.3 is 24.3 Å². The maximum absolute atomic E-state index is 6.62. The van der Waals surface area contributed by atoms with E-state index in [0.29, 0.717) is 35.6 Å². The summed E-state index contributed by atoms with van der Waals surface area (Å²) < 4.78 is 13.0. The summed E-state index contributed by atoms with van der Waals surface area (Å²) >= 11 is 12.5. The first-order valence-electron chi connectivity index (χ1n) is 11.6. The van der Waals surface area contributed by atoms with E-state index in [1.807, 2.05) is 66.9 Å². The van der Waals surface area contributed by atoms with Crippen molar-refractivity contribution in [3.63, 3.8) is 0 Å². The van der Waals surface area contributed by atoms with Gasteiger partial charge in [0.15, 0.2) is 5.11 Å². The number of nitrogens with zero attached hydrogens (tertiary/aromatic N) is 4. The average molecular weight is 520 g/mol. The molecule has 184 valence electrons. The van der Waals surface area contributed by atoms with E-state index in [2.05, 4.69) is 37.0 Å². The lowest BCUT2D eigenvalue weighted by molar-refractivity contribution is 0.146. The second-order valence-electron chi connectivity index (χ2n) is 8.33. The zero-order valence-corrected chi connectivity index (χ0v) is 21.3. The Morgan fingerprint density at radius 1 is 1.00 bits per heavy atom. The summed E-state index contributed by atoms with van der Waals surface area (Å²) in [4.78, 5) is 11.3. The maximum Gasteiger partial charge on any atom is 0.174 e. The number of hydrogen-bond donors (Lipinski definition) is 1. The molecule has 0 amide bonds. The Balaban J connectivity index is 1.53. The van der Waals surface area contributed by atoms with Crippen molar-refractivity contribution >= 4 is 34.6 Å². The number of benzene rings is 1. The Bertz CT molecular complexity index is 1320. The van der Waals surface area contributed by atoms with E-state index in [9.17, 15) is 0 Å². The average Bonchev–Trinajstić information content (AvgIpc) is 3.49. The maximum atomic E-state index is 6.62. The van der Waals surface area contributed by atoms with Crippen molar-refractivity contribution in [1.29, 1.82) is 0 Å². The fourth-order valence-electron chi connectivity index (χ4n) is 4.43. The summed E-state index contributed by atoms with van der Waals surface area (Å²) in [6.45, 7) is 1.55. The van der Waals surface area contributed by atoms with Crippen LogP contribution in [0, 0.1) is 0 Å². The molecule has 0 spiro atoms. The second kappa shape index (κ2) is 11.1. The van der Waals surface area contributed by atoms with Gasteiger partial charge in [-0.05, 0) is 66.8 Å². The van der Waals surface area contributed by atoms with Gasteiger partial charge in [-0.2, -0.15) is 0 Å². The van der Waals surface area contributed by atoms with Crippen molar-refractivity contribution in [2.75, 3.05) is 25.2 Å². The van der Waals surface area contributed by atoms with Crippen molar-refractivity contribution in [3.8, 4) is 5.75 Å². The molecular formula is C27H26ClN5O2S. The highest BCUT2D eigenvalue weighted by Gasteiger charge is 2.42. The highest BCUT2D eigenvalue weighted by atomic mass is 35.5. The van der Waals surface area contributed by atoms with Crippen molar-refractivity contribution in [3.05, 3.63) is 107 Å². The van der Waals surface area contributed by atoms with E-state index in [1.54, 1.807) is 13.3 Å². The SMILES string of the molecule is COCCOc1ccc(N2C(=S)N[C@@H](c3ccccn3)[C@@H]2c2cccn2Cc2ccccn2)cc1Cl. The van der Waals surface area contributed by atoms with Crippen LogP contribution >= 0.6 is 23.8 Å². The van der Waals surface area contributed by atoms with Crippen molar-refractivity contribution in [2.24, 2.45) is 0 Å². The molecule has 7 nitrogen and oxygen atoms in total. The van der Waals surface area contributed by atoms with Gasteiger partial charge in [-0.1, -0.05) is 23.7 Å². The molecule has 0 radical (unpaired) electrons. The van der Waals surface area contributed by atoms with Gasteiger partial charge in [0.1, 0.15) is 18.4 Å². The first-order chi connectivity index (χ1) is 17.7. The fourth-order valence-corrected chi connectivity index (χ4v) is 5.01. The van der Waals surface area contributed by atoms with Gasteiger partial charge in [-0.25, -0.2) is 0 Å². The van der Waals surface area contributed by atoms with Gasteiger partial charge in [-0.15, -0.1) is 0 Å². The number of pyridine rings is 2. The molecule has 1 aliphatic rings. The molecular weight excluding hydrogens is 494 g/mol. The van der Waals surface area contributed by atoms with E-state index >= 15 is 0 Å². The van der Waals surface area contributed by atoms with Crippen LogP contribution in [0.4, 0.5) is 5.69 Å². The summed E-state index contributed by atoms with van der Waals surface area (Å²) in [5.74, 6) is 0.604. The van der Waals surface area contributed by atoms with Gasteiger partial charge in [0.05, 0.1) is 35.6 Å². The number of rotatable bonds is 9. The van der Waals surface area contributed by atoms with Crippen LogP contribution in [-0.4, -0.2) is 40.0 Å². The molecule has 2 atom stereocenters. The number of thiocarbonyl (C=S) groups is 1. The van der Waals surface area contributed by atoms with Crippen molar-refractivity contribution in [1.82, 2.24) is 19.9 Å². The zero-order chi connectivity index (χ0) is 24.9. The lowest BCUT2D eigenvalue weighted by Crippen LogP contribution is -2.30. The fraction of sp³-hybridized carbons (Fsp3) is 0.222. The summed E-state index contributed by atoms with van der Waals surface area (Å²) in [7, 11) is 1.64. The van der Waals surface area contributed by atoms with Crippen LogP contribution in [0.25, 0.3) is 0 Å². The molecule has 1 aliphatic heterocycles. The normalized spacial score (nSPS) is 17.3. The first kappa shape index (κ1) is 24.2. The third-order valence-corrected chi connectivity index (χ3v) is 6.67. The second-order valence-corrected chi connectivity index (χ2v) is 9.13. The van der Waals surface area contributed by atoms with E-state index in [4.69, 9.17) is 33.3 Å². The Labute approximate surface area is 220 Å². The van der Waals surface area contributed by atoms with Crippen molar-refractivity contribution < 1.29 is 9.47 Å². The summed E-state index contributed by atoms with van der Waals surface area (Å²) in [6, 6.07) is 21.4. The summed E-state index contributed by atoms with van der Waals surface area (Å²) in [5.41, 5.74) is 3.83. The highest BCUT2D eigenvalue weighted by Crippen LogP contribution is 2.43. The lowest BCUT2D eigenvalue weighted by atomic mass is 10.0. The van der Waals surface area contributed by atoms with E-state index in [0.717, 1.165) is 22.8 Å². The monoisotopic (exact) mass is 519 g/mol. The van der Waals surface area contributed by atoms with Gasteiger partial charge in [0.25, 0.3) is 0 Å². The minimum absolute atomic E-state index is 0.160. The number of aromatic nitrogens is 3. The molecule has 0 saturated carbocycles. The zero-order valence-electron chi connectivity index (χ0n) is 19.8. The molecule has 0 aliphatic carbocycles. The molecule has 4 heterocycles. The Hall–Kier alpha value is -3.46. The van der Waals surface area contributed by atoms with Crippen LogP contribution < -0.4 is 15.0 Å². The summed E-state index contributed by atoms with van der Waals surface area (Å²) in [5, 5.41) is 4.61. The van der Waals surface area contributed by atoms with Crippen LogP contribution in [0.1, 0.15) is 29.2 Å². The summed E-state index contributed by atoms with van der Waals surface area (Å²) in [6.07, 6.45) is 5.68. The Kier molecular flexibility index (Phi) is 7.46. The minimum Gasteiger partial charge on any atom is -0.490 e. The van der Waals surface area contributed by atoms with Crippen LogP contribution in [0.5, 0.6) is 5.75 Å². The van der Waals surface area contributed by atoms with E-state index in [-0.39, 0.29) is 12.1 Å². The molecule has 9 heteroatoms. The molecule has 36 heavy (non-hydrogen) atoms. The Morgan fingerprint density at radius 2 is 1.83 bits per heavy atom. The minimum atomic E-state index is -0.164. The number of hydrogen-bond acceptors (Lipinski definition) is 5. The largest absolute Gasteiger partial charge is 0.490 e. The number of nitrogens with one attached hydrogen (secondary N) is 1. The van der Waals surface area contributed by atoms with Crippen LogP contribution in [0.2, 0.25) is 5.02 Å². The molecule has 3 aromatic heterocycles. The van der Waals surface area contributed by atoms with Gasteiger partial charge in [-0.3, -0.25) is 9.97 Å². The van der Waals surface area contributed by atoms with Crippen molar-refractivity contribution in [2.45, 2.75) is 18.6 Å². The molecule has 1 aromatic carbocycles. The number of methoxy groups -OCH3 is 1. The van der Waals surface area contributed by atoms with Gasteiger partial charge in [0, 0.05) is 37.1 Å². The van der Waals surface area contributed by atoms with Crippen LogP contribution in [0.15, 0.2) is 85.3 Å². The molecule has 1 fully saturated rings. The molecule has 1 N–H and O–H groups in total. The molecule has 1 saturated heterocycles. The topological polar surface area (TPSA) is 64.4 Å². The molecule has 5 rings (SSSR count). The van der Waals surface area contributed by atoms with Gasteiger partial charge >= 0.3 is 0 Å². The number of ether oxygens (including phenoxy) is 2. The molecule has 0 unspecified atom stereocenters. The molecule has 4 aromatic rings. The lowest BCUT2D eigenvalue weighted by Gasteiger charge is -2.29. The van der Waals surface area contributed by atoms with Crippen LogP contribution in [0.3, 0.4) is 0 Å². The number of halogens is 1. The van der Waals surface area contributed by atoms with E-state index in [1.165, 1.54) is 0 Å². The third-order valence-electron chi connectivity index (χ3n) is 6.06. The Morgan fingerprint density at radius 3 is 2.56 bits per heavy atom.